The number of benzene rings is 2. The highest BCUT2D eigenvalue weighted by molar-refractivity contribution is 7.86. The lowest BCUT2D eigenvalue weighted by atomic mass is 9.97. The van der Waals surface area contributed by atoms with E-state index < -0.39 is 46.2 Å². The maximum atomic E-state index is 11.8. The van der Waals surface area contributed by atoms with Crippen LogP contribution in [0.3, 0.4) is 0 Å². The molecule has 0 radical (unpaired) electrons. The quantitative estimate of drug-likeness (QED) is 0.280. The van der Waals surface area contributed by atoms with Crippen LogP contribution in [0.15, 0.2) is 60.7 Å². The molecule has 6 unspecified atom stereocenters. The topological polar surface area (TPSA) is 138 Å². The molecule has 6 atom stereocenters. The minimum absolute atomic E-state index is 0.0350. The number of nitrogens with zero attached hydrogens (tertiary/aromatic N) is 1. The largest absolute Gasteiger partial charge is 0.386 e. The third-order valence-electron chi connectivity index (χ3n) is 5.14. The predicted octanol–water partition coefficient (Wildman–Crippen LogP) is 0.515. The van der Waals surface area contributed by atoms with Crippen molar-refractivity contribution < 1.29 is 37.4 Å². The molecule has 0 aromatic heterocycles. The Balaban J connectivity index is 1.91. The molecule has 0 amide bonds. The molecule has 0 aliphatic carbocycles. The van der Waals surface area contributed by atoms with Gasteiger partial charge >= 0.3 is 0 Å². The number of hydrazine groups is 1. The van der Waals surface area contributed by atoms with Crippen LogP contribution in [0.25, 0.3) is 0 Å². The van der Waals surface area contributed by atoms with Crippen molar-refractivity contribution in [3.8, 4) is 0 Å². The Labute approximate surface area is 193 Å². The molecule has 33 heavy (non-hydrogen) atoms. The van der Waals surface area contributed by atoms with Crippen molar-refractivity contribution in [3.05, 3.63) is 71.8 Å². The van der Waals surface area contributed by atoms with E-state index in [2.05, 4.69) is 5.43 Å². The minimum atomic E-state index is -4.91. The van der Waals surface area contributed by atoms with E-state index in [0.29, 0.717) is 0 Å². The average Bonchev–Trinajstić information content (AvgIpc) is 2.78. The first-order chi connectivity index (χ1) is 15.7. The second kappa shape index (κ2) is 11.5. The average molecular weight is 483 g/mol. The summed E-state index contributed by atoms with van der Waals surface area (Å²) < 4.78 is 50.7. The summed E-state index contributed by atoms with van der Waals surface area (Å²) >= 11 is 0. The normalized spacial score (nSPS) is 26.9. The molecule has 182 valence electrons. The number of nitrogens with one attached hydrogen (secondary N) is 1. The fraction of sp³-hybridized carbons (Fsp3) is 0.455. The van der Waals surface area contributed by atoms with E-state index in [0.717, 1.165) is 11.1 Å². The maximum absolute atomic E-state index is 11.8. The highest BCUT2D eigenvalue weighted by Gasteiger charge is 2.52. The van der Waals surface area contributed by atoms with Gasteiger partial charge in [0.25, 0.3) is 10.1 Å². The van der Waals surface area contributed by atoms with Gasteiger partial charge in [-0.1, -0.05) is 60.7 Å². The van der Waals surface area contributed by atoms with Crippen LogP contribution >= 0.6 is 0 Å². The summed E-state index contributed by atoms with van der Waals surface area (Å²) in [6.07, 6.45) is -6.30. The molecule has 0 saturated carbocycles. The number of rotatable bonds is 10. The van der Waals surface area contributed by atoms with E-state index in [1.807, 2.05) is 60.7 Å². The highest BCUT2D eigenvalue weighted by atomic mass is 32.2. The summed E-state index contributed by atoms with van der Waals surface area (Å²) in [5.74, 6) is 0. The lowest BCUT2D eigenvalue weighted by Gasteiger charge is -2.46. The van der Waals surface area contributed by atoms with Crippen LogP contribution in [-0.4, -0.2) is 78.4 Å². The molecular weight excluding hydrogens is 452 g/mol. The number of ether oxygens (including phenoxy) is 3. The van der Waals surface area contributed by atoms with E-state index >= 15 is 0 Å². The summed E-state index contributed by atoms with van der Waals surface area (Å²) in [6.45, 7) is 0.129. The van der Waals surface area contributed by atoms with Gasteiger partial charge in [0.05, 0.1) is 13.2 Å². The molecular formula is C22H30N2O8S. The van der Waals surface area contributed by atoms with Crippen molar-refractivity contribution in [3.63, 3.8) is 0 Å². The molecule has 3 rings (SSSR count). The van der Waals surface area contributed by atoms with E-state index in [4.69, 9.17) is 14.2 Å². The van der Waals surface area contributed by atoms with E-state index in [1.54, 1.807) is 14.1 Å². The summed E-state index contributed by atoms with van der Waals surface area (Å²) in [5, 5.41) is 22.9. The molecule has 0 spiro atoms. The molecule has 1 fully saturated rings. The van der Waals surface area contributed by atoms with Crippen LogP contribution in [0.2, 0.25) is 0 Å². The summed E-state index contributed by atoms with van der Waals surface area (Å²) in [5.41, 5.74) is 2.11. The Kier molecular flexibility index (Phi) is 8.93. The van der Waals surface area contributed by atoms with Crippen LogP contribution < -0.4 is 5.43 Å². The van der Waals surface area contributed by atoms with Crippen molar-refractivity contribution >= 4 is 10.1 Å². The van der Waals surface area contributed by atoms with Crippen LogP contribution in [0.1, 0.15) is 11.1 Å². The van der Waals surface area contributed by atoms with Crippen molar-refractivity contribution in [1.82, 2.24) is 10.4 Å². The van der Waals surface area contributed by atoms with E-state index in [1.165, 1.54) is 5.01 Å². The van der Waals surface area contributed by atoms with Crippen LogP contribution in [0.4, 0.5) is 0 Å². The van der Waals surface area contributed by atoms with Gasteiger partial charge in [-0.3, -0.25) is 4.55 Å². The number of hydrogen-bond donors (Lipinski definition) is 4. The molecule has 11 heteroatoms. The zero-order valence-corrected chi connectivity index (χ0v) is 19.2. The molecule has 2 aromatic rings. The highest BCUT2D eigenvalue weighted by Crippen LogP contribution is 2.30. The van der Waals surface area contributed by atoms with Crippen molar-refractivity contribution in [2.24, 2.45) is 0 Å². The Morgan fingerprint density at radius 1 is 0.970 bits per heavy atom. The molecule has 10 nitrogen and oxygen atoms in total. The molecule has 4 N–H and O–H groups in total. The fourth-order valence-electron chi connectivity index (χ4n) is 3.56. The fourth-order valence-corrected chi connectivity index (χ4v) is 4.12. The van der Waals surface area contributed by atoms with Crippen LogP contribution in [0, 0.1) is 0 Å². The maximum Gasteiger partial charge on any atom is 0.294 e. The van der Waals surface area contributed by atoms with E-state index in [9.17, 15) is 23.2 Å². The Hall–Kier alpha value is -1.93. The van der Waals surface area contributed by atoms with Crippen molar-refractivity contribution in [2.45, 2.75) is 49.3 Å². The lowest BCUT2D eigenvalue weighted by Crippen LogP contribution is -2.67. The first kappa shape index (κ1) is 25.7. The second-order valence-electron chi connectivity index (χ2n) is 7.96. The predicted molar refractivity (Wildman–Crippen MR) is 119 cm³/mol. The smallest absolute Gasteiger partial charge is 0.294 e. The third-order valence-corrected chi connectivity index (χ3v) is 6.02. The molecule has 1 aliphatic rings. The molecule has 2 aromatic carbocycles. The van der Waals surface area contributed by atoms with Gasteiger partial charge in [-0.15, -0.1) is 0 Å². The van der Waals surface area contributed by atoms with Gasteiger partial charge in [-0.25, -0.2) is 10.4 Å². The second-order valence-corrected chi connectivity index (χ2v) is 9.48. The molecule has 0 bridgehead atoms. The number of aliphatic hydroxyl groups excluding tert-OH is 2. The van der Waals surface area contributed by atoms with Crippen molar-refractivity contribution in [2.75, 3.05) is 14.1 Å². The van der Waals surface area contributed by atoms with Gasteiger partial charge in [0.15, 0.2) is 0 Å². The summed E-state index contributed by atoms with van der Waals surface area (Å²) in [6, 6.07) is 18.3. The van der Waals surface area contributed by atoms with Gasteiger partial charge in [0.2, 0.25) is 5.44 Å². The monoisotopic (exact) mass is 482 g/mol. The van der Waals surface area contributed by atoms with Crippen molar-refractivity contribution in [1.29, 1.82) is 0 Å². The Morgan fingerprint density at radius 2 is 1.45 bits per heavy atom. The summed E-state index contributed by atoms with van der Waals surface area (Å²) in [7, 11) is -1.60. The zero-order chi connectivity index (χ0) is 24.0. The standard InChI is InChI=1S/C22H30N2O8S/c1-24(2)23-21-17(25)18(30-13-15-9-5-3-6-10-15)19(20(32-21)22(26)33(27,28)29)31-14-16-11-7-4-8-12-16/h3-12,17-23,25-26H,13-14H2,1-2H3,(H,27,28,29). The Bertz CT molecular complexity index is 961. The molecule has 1 aliphatic heterocycles. The molecule has 1 heterocycles. The number of aliphatic hydroxyl groups is 2. The lowest BCUT2D eigenvalue weighted by molar-refractivity contribution is -0.275. The zero-order valence-electron chi connectivity index (χ0n) is 18.4. The van der Waals surface area contributed by atoms with E-state index in [-0.39, 0.29) is 13.2 Å². The number of hydrogen-bond acceptors (Lipinski definition) is 9. The van der Waals surface area contributed by atoms with Gasteiger partial charge in [-0.2, -0.15) is 8.42 Å². The third kappa shape index (κ3) is 7.03. The first-order valence-corrected chi connectivity index (χ1v) is 11.9. The molecule has 1 saturated heterocycles. The Morgan fingerprint density at radius 3 is 1.91 bits per heavy atom. The van der Waals surface area contributed by atoms with Crippen LogP contribution in [0.5, 0.6) is 0 Å². The van der Waals surface area contributed by atoms with Gasteiger partial charge < -0.3 is 24.4 Å². The van der Waals surface area contributed by atoms with Gasteiger partial charge in [0, 0.05) is 14.1 Å². The summed E-state index contributed by atoms with van der Waals surface area (Å²) in [4.78, 5) is 0. The SMILES string of the molecule is CN(C)NC1OC(C(O)S(=O)(=O)O)C(OCc2ccccc2)C(OCc2ccccc2)C1O. The van der Waals surface area contributed by atoms with Crippen LogP contribution in [-0.2, 0) is 37.5 Å². The minimum Gasteiger partial charge on any atom is -0.386 e. The van der Waals surface area contributed by atoms with Gasteiger partial charge in [0.1, 0.15) is 30.6 Å². The van der Waals surface area contributed by atoms with Gasteiger partial charge in [-0.05, 0) is 11.1 Å². The first-order valence-electron chi connectivity index (χ1n) is 10.4.